The minimum atomic E-state index is -0.530. The van der Waals surface area contributed by atoms with Crippen molar-refractivity contribution in [2.75, 3.05) is 14.2 Å². The summed E-state index contributed by atoms with van der Waals surface area (Å²) >= 11 is 0. The number of nitriles is 1. The van der Waals surface area contributed by atoms with Crippen LogP contribution in [-0.4, -0.2) is 19.1 Å². The van der Waals surface area contributed by atoms with Crippen LogP contribution in [0.25, 0.3) is 22.4 Å². The molecule has 0 radical (unpaired) electrons. The molecule has 0 heterocycles. The van der Waals surface area contributed by atoms with E-state index < -0.39 is 4.92 Å². The predicted molar refractivity (Wildman–Crippen MR) is 104 cm³/mol. The van der Waals surface area contributed by atoms with Crippen molar-refractivity contribution in [3.63, 3.8) is 0 Å². The maximum absolute atomic E-state index is 11.3. The zero-order valence-corrected chi connectivity index (χ0v) is 14.8. The summed E-state index contributed by atoms with van der Waals surface area (Å²) in [6, 6.07) is 18.5. The Morgan fingerprint density at radius 1 is 1.04 bits per heavy atom. The molecule has 0 aromatic heterocycles. The molecule has 6 nitrogen and oxygen atoms in total. The van der Waals surface area contributed by atoms with Gasteiger partial charge in [0.15, 0.2) is 0 Å². The number of nitro groups is 1. The summed E-state index contributed by atoms with van der Waals surface area (Å²) in [7, 11) is 2.81. The van der Waals surface area contributed by atoms with Gasteiger partial charge in [0, 0.05) is 17.7 Å². The summed E-state index contributed by atoms with van der Waals surface area (Å²) in [5.74, 6) is 0.476. The van der Waals surface area contributed by atoms with Crippen molar-refractivity contribution in [2.45, 2.75) is 0 Å². The van der Waals surface area contributed by atoms with E-state index in [9.17, 15) is 15.4 Å². The van der Waals surface area contributed by atoms with Crippen LogP contribution in [0.1, 0.15) is 11.1 Å². The quantitative estimate of drug-likeness (QED) is 0.281. The molecule has 0 aliphatic heterocycles. The molecule has 0 amide bonds. The molecular weight excluding hydrogens is 344 g/mol. The van der Waals surface area contributed by atoms with Crippen LogP contribution >= 0.6 is 0 Å². The van der Waals surface area contributed by atoms with Crippen LogP contribution in [0.3, 0.4) is 0 Å². The van der Waals surface area contributed by atoms with Crippen molar-refractivity contribution in [1.29, 1.82) is 5.26 Å². The number of nitro benzene ring substituents is 1. The fourth-order valence-corrected chi connectivity index (χ4v) is 2.85. The lowest BCUT2D eigenvalue weighted by Crippen LogP contribution is -1.97. The Bertz CT molecular complexity index is 1100. The first-order valence-corrected chi connectivity index (χ1v) is 8.08. The number of hydrogen-bond donors (Lipinski definition) is 0. The first-order chi connectivity index (χ1) is 13.1. The molecule has 0 aliphatic rings. The van der Waals surface area contributed by atoms with E-state index >= 15 is 0 Å². The Labute approximate surface area is 156 Å². The SMILES string of the molecule is COc1cc(OC)c([N+](=O)[O-])cc1/C=C(/C#N)c1ccc2ccccc2c1. The van der Waals surface area contributed by atoms with Crippen LogP contribution in [0.2, 0.25) is 0 Å². The van der Waals surface area contributed by atoms with E-state index in [1.807, 2.05) is 42.5 Å². The number of rotatable bonds is 5. The Morgan fingerprint density at radius 2 is 1.74 bits per heavy atom. The van der Waals surface area contributed by atoms with Gasteiger partial charge in [0.1, 0.15) is 5.75 Å². The fourth-order valence-electron chi connectivity index (χ4n) is 2.85. The average Bonchev–Trinajstić information content (AvgIpc) is 2.70. The fraction of sp³-hybridized carbons (Fsp3) is 0.0952. The topological polar surface area (TPSA) is 85.4 Å². The van der Waals surface area contributed by atoms with Gasteiger partial charge in [0.2, 0.25) is 5.75 Å². The zero-order valence-electron chi connectivity index (χ0n) is 14.8. The first-order valence-electron chi connectivity index (χ1n) is 8.08. The van der Waals surface area contributed by atoms with Crippen LogP contribution < -0.4 is 9.47 Å². The second-order valence-electron chi connectivity index (χ2n) is 5.75. The predicted octanol–water partition coefficient (Wildman–Crippen LogP) is 4.83. The molecule has 3 rings (SSSR count). The van der Waals surface area contributed by atoms with E-state index in [1.54, 1.807) is 6.08 Å². The summed E-state index contributed by atoms with van der Waals surface area (Å²) in [6.45, 7) is 0. The first kappa shape index (κ1) is 18.0. The minimum absolute atomic E-state index is 0.0956. The lowest BCUT2D eigenvalue weighted by atomic mass is 9.99. The molecule has 0 saturated heterocycles. The molecular formula is C21H16N2O4. The van der Waals surface area contributed by atoms with Crippen LogP contribution in [0.5, 0.6) is 11.5 Å². The smallest absolute Gasteiger partial charge is 0.311 e. The maximum atomic E-state index is 11.3. The number of benzene rings is 3. The van der Waals surface area contributed by atoms with Gasteiger partial charge in [-0.1, -0.05) is 36.4 Å². The number of hydrogen-bond acceptors (Lipinski definition) is 5. The molecule has 0 fully saturated rings. The van der Waals surface area contributed by atoms with Gasteiger partial charge in [-0.3, -0.25) is 10.1 Å². The summed E-state index contributed by atoms with van der Waals surface area (Å²) in [6.07, 6.45) is 1.58. The Morgan fingerprint density at radius 3 is 2.37 bits per heavy atom. The summed E-state index contributed by atoms with van der Waals surface area (Å²) in [5.41, 5.74) is 1.32. The summed E-state index contributed by atoms with van der Waals surface area (Å²) < 4.78 is 10.4. The normalized spacial score (nSPS) is 11.1. The largest absolute Gasteiger partial charge is 0.496 e. The molecule has 0 saturated carbocycles. The number of fused-ring (bicyclic) bond motifs is 1. The monoisotopic (exact) mass is 360 g/mol. The Hall–Kier alpha value is -3.85. The molecule has 0 unspecified atom stereocenters. The van der Waals surface area contributed by atoms with Crippen LogP contribution in [-0.2, 0) is 0 Å². The molecule has 0 spiro atoms. The Kier molecular flexibility index (Phi) is 5.04. The Balaban J connectivity index is 2.15. The molecule has 3 aromatic rings. The van der Waals surface area contributed by atoms with Crippen molar-refractivity contribution < 1.29 is 14.4 Å². The highest BCUT2D eigenvalue weighted by molar-refractivity contribution is 5.95. The van der Waals surface area contributed by atoms with E-state index in [-0.39, 0.29) is 11.4 Å². The van der Waals surface area contributed by atoms with Gasteiger partial charge >= 0.3 is 5.69 Å². The molecule has 0 atom stereocenters. The molecule has 0 aliphatic carbocycles. The van der Waals surface area contributed by atoms with Crippen molar-refractivity contribution >= 4 is 28.1 Å². The van der Waals surface area contributed by atoms with E-state index in [0.717, 1.165) is 16.3 Å². The minimum Gasteiger partial charge on any atom is -0.496 e. The van der Waals surface area contributed by atoms with Crippen molar-refractivity contribution in [1.82, 2.24) is 0 Å². The number of ether oxygens (including phenoxy) is 2. The van der Waals surface area contributed by atoms with E-state index in [2.05, 4.69) is 6.07 Å². The van der Waals surface area contributed by atoms with Crippen LogP contribution in [0, 0.1) is 21.4 Å². The van der Waals surface area contributed by atoms with Crippen molar-refractivity contribution in [3.05, 3.63) is 75.8 Å². The number of allylic oxidation sites excluding steroid dienone is 1. The second-order valence-corrected chi connectivity index (χ2v) is 5.75. The molecule has 134 valence electrons. The van der Waals surface area contributed by atoms with E-state index in [1.165, 1.54) is 26.4 Å². The summed E-state index contributed by atoms with van der Waals surface area (Å²) in [4.78, 5) is 10.8. The van der Waals surface area contributed by atoms with E-state index in [4.69, 9.17) is 9.47 Å². The van der Waals surface area contributed by atoms with Crippen LogP contribution in [0.4, 0.5) is 5.69 Å². The molecule has 27 heavy (non-hydrogen) atoms. The third kappa shape index (κ3) is 3.58. The zero-order chi connectivity index (χ0) is 19.4. The van der Waals surface area contributed by atoms with Crippen molar-refractivity contribution in [3.8, 4) is 17.6 Å². The van der Waals surface area contributed by atoms with Crippen molar-refractivity contribution in [2.24, 2.45) is 0 Å². The van der Waals surface area contributed by atoms with Crippen LogP contribution in [0.15, 0.2) is 54.6 Å². The molecule has 3 aromatic carbocycles. The number of methoxy groups -OCH3 is 2. The number of nitrogens with zero attached hydrogens (tertiary/aromatic N) is 2. The van der Waals surface area contributed by atoms with E-state index in [0.29, 0.717) is 16.9 Å². The highest BCUT2D eigenvalue weighted by Gasteiger charge is 2.19. The van der Waals surface area contributed by atoms with Gasteiger partial charge < -0.3 is 9.47 Å². The van der Waals surface area contributed by atoms with Gasteiger partial charge in [-0.05, 0) is 28.5 Å². The second kappa shape index (κ2) is 7.58. The standard InChI is InChI=1S/C21H16N2O4/c1-26-20-12-21(27-2)19(23(24)25)11-17(20)10-18(13-22)16-8-7-14-5-3-4-6-15(14)9-16/h3-12H,1-2H3/b18-10-. The lowest BCUT2D eigenvalue weighted by molar-refractivity contribution is -0.385. The van der Waals surface area contributed by atoms with Gasteiger partial charge in [0.25, 0.3) is 0 Å². The average molecular weight is 360 g/mol. The molecule has 0 N–H and O–H groups in total. The highest BCUT2D eigenvalue weighted by Crippen LogP contribution is 2.36. The summed E-state index contributed by atoms with van der Waals surface area (Å²) in [5, 5.41) is 23.0. The van der Waals surface area contributed by atoms with Gasteiger partial charge in [-0.2, -0.15) is 5.26 Å². The van der Waals surface area contributed by atoms with Gasteiger partial charge in [0.05, 0.1) is 30.8 Å². The third-order valence-electron chi connectivity index (χ3n) is 4.21. The molecule has 6 heteroatoms. The van der Waals surface area contributed by atoms with Gasteiger partial charge in [-0.25, -0.2) is 0 Å². The molecule has 0 bridgehead atoms. The third-order valence-corrected chi connectivity index (χ3v) is 4.21. The lowest BCUT2D eigenvalue weighted by Gasteiger charge is -2.09. The maximum Gasteiger partial charge on any atom is 0.311 e. The highest BCUT2D eigenvalue weighted by atomic mass is 16.6. The van der Waals surface area contributed by atoms with Gasteiger partial charge in [-0.15, -0.1) is 0 Å².